The van der Waals surface area contributed by atoms with Gasteiger partial charge in [0.1, 0.15) is 0 Å². The number of anilines is 6. The van der Waals surface area contributed by atoms with E-state index in [2.05, 4.69) is 219 Å². The van der Waals surface area contributed by atoms with Crippen molar-refractivity contribution >= 4 is 65.6 Å². The fraction of sp³-hybridized carbons (Fsp3) is 0.111. The molecular formula is C54H42N2S. The van der Waals surface area contributed by atoms with Crippen LogP contribution in [-0.2, 0) is 10.8 Å². The average molecular weight is 751 g/mol. The van der Waals surface area contributed by atoms with Gasteiger partial charge in [0.15, 0.2) is 0 Å². The lowest BCUT2D eigenvalue weighted by molar-refractivity contribution is 0.660. The van der Waals surface area contributed by atoms with Gasteiger partial charge in [-0.25, -0.2) is 0 Å². The topological polar surface area (TPSA) is 6.48 Å². The van der Waals surface area contributed by atoms with Crippen LogP contribution in [0.5, 0.6) is 0 Å². The molecule has 2 nitrogen and oxygen atoms in total. The highest BCUT2D eigenvalue weighted by atomic mass is 32.1. The first-order valence-electron chi connectivity index (χ1n) is 19.9. The second kappa shape index (κ2) is 12.5. The van der Waals surface area contributed by atoms with Crippen LogP contribution in [-0.4, -0.2) is 0 Å². The van der Waals surface area contributed by atoms with Gasteiger partial charge >= 0.3 is 0 Å². The summed E-state index contributed by atoms with van der Waals surface area (Å²) in [5.41, 5.74) is 17.5. The molecule has 2 aliphatic rings. The zero-order chi connectivity index (χ0) is 38.5. The van der Waals surface area contributed by atoms with Crippen LogP contribution in [0.2, 0.25) is 0 Å². The fourth-order valence-electron chi connectivity index (χ4n) is 9.81. The van der Waals surface area contributed by atoms with E-state index in [1.165, 1.54) is 70.4 Å². The molecule has 0 saturated carbocycles. The van der Waals surface area contributed by atoms with Crippen LogP contribution in [0.4, 0.5) is 34.1 Å². The first-order chi connectivity index (χ1) is 27.8. The van der Waals surface area contributed by atoms with E-state index in [9.17, 15) is 0 Å². The van der Waals surface area contributed by atoms with Crippen LogP contribution >= 0.6 is 11.3 Å². The smallest absolute Gasteiger partial charge is 0.0554 e. The Morgan fingerprint density at radius 2 is 0.825 bits per heavy atom. The van der Waals surface area contributed by atoms with Crippen LogP contribution in [0, 0.1) is 0 Å². The molecule has 0 unspecified atom stereocenters. The van der Waals surface area contributed by atoms with E-state index in [1.54, 1.807) is 0 Å². The van der Waals surface area contributed by atoms with E-state index < -0.39 is 0 Å². The van der Waals surface area contributed by atoms with Crippen molar-refractivity contribution in [2.75, 3.05) is 9.80 Å². The molecule has 0 spiro atoms. The molecule has 0 amide bonds. The van der Waals surface area contributed by atoms with Gasteiger partial charge < -0.3 is 9.80 Å². The third kappa shape index (κ3) is 5.08. The molecule has 57 heavy (non-hydrogen) atoms. The van der Waals surface area contributed by atoms with E-state index in [0.29, 0.717) is 0 Å². The number of rotatable bonds is 6. The number of hydrogen-bond acceptors (Lipinski definition) is 3. The molecule has 11 rings (SSSR count). The van der Waals surface area contributed by atoms with E-state index in [0.717, 1.165) is 28.4 Å². The molecule has 0 aliphatic heterocycles. The molecule has 1 aromatic heterocycles. The Morgan fingerprint density at radius 1 is 0.351 bits per heavy atom. The number of para-hydroxylation sites is 2. The third-order valence-electron chi connectivity index (χ3n) is 12.6. The second-order valence-electron chi connectivity index (χ2n) is 16.6. The Labute approximate surface area is 338 Å². The van der Waals surface area contributed by atoms with Gasteiger partial charge in [0.05, 0.1) is 5.69 Å². The first-order valence-corrected chi connectivity index (χ1v) is 20.8. The lowest BCUT2D eigenvalue weighted by Crippen LogP contribution is -2.18. The van der Waals surface area contributed by atoms with Crippen molar-refractivity contribution in [3.63, 3.8) is 0 Å². The van der Waals surface area contributed by atoms with Crippen LogP contribution < -0.4 is 9.80 Å². The highest BCUT2D eigenvalue weighted by Gasteiger charge is 2.37. The largest absolute Gasteiger partial charge is 0.310 e. The maximum Gasteiger partial charge on any atom is 0.0554 e. The zero-order valence-electron chi connectivity index (χ0n) is 32.6. The minimum atomic E-state index is -0.115. The van der Waals surface area contributed by atoms with Crippen LogP contribution in [0.1, 0.15) is 49.9 Å². The van der Waals surface area contributed by atoms with Crippen LogP contribution in [0.25, 0.3) is 42.4 Å². The van der Waals surface area contributed by atoms with Crippen molar-refractivity contribution in [2.24, 2.45) is 0 Å². The second-order valence-corrected chi connectivity index (χ2v) is 17.7. The van der Waals surface area contributed by atoms with Gasteiger partial charge in [-0.2, -0.15) is 0 Å². The van der Waals surface area contributed by atoms with Crippen molar-refractivity contribution in [3.8, 4) is 22.3 Å². The predicted octanol–water partition coefficient (Wildman–Crippen LogP) is 15.6. The summed E-state index contributed by atoms with van der Waals surface area (Å²) < 4.78 is 2.55. The molecule has 0 fully saturated rings. The molecule has 1 heterocycles. The molecule has 274 valence electrons. The van der Waals surface area contributed by atoms with Gasteiger partial charge in [0.25, 0.3) is 0 Å². The van der Waals surface area contributed by atoms with Crippen molar-refractivity contribution < 1.29 is 0 Å². The number of fused-ring (bicyclic) bond motifs is 9. The SMILES string of the molecule is CC1(C)c2ccccc2-c2ccc(N(c3ccc4c(c3)C(C)(C)c3ccccc3-4)c3ccc4sc5cccc(N(c6ccccc6)c6ccccc6)c5c4c3)cc21. The minimum absolute atomic E-state index is 0.115. The van der Waals surface area contributed by atoms with E-state index in [4.69, 9.17) is 0 Å². The Morgan fingerprint density at radius 3 is 1.39 bits per heavy atom. The average Bonchev–Trinajstić information content (AvgIpc) is 3.82. The Kier molecular flexibility index (Phi) is 7.46. The Balaban J connectivity index is 1.14. The summed E-state index contributed by atoms with van der Waals surface area (Å²) in [5, 5.41) is 2.52. The van der Waals surface area contributed by atoms with E-state index in [-0.39, 0.29) is 10.8 Å². The van der Waals surface area contributed by atoms with Gasteiger partial charge in [0, 0.05) is 59.4 Å². The molecule has 0 bridgehead atoms. The molecule has 8 aromatic carbocycles. The highest BCUT2D eigenvalue weighted by molar-refractivity contribution is 7.26. The summed E-state index contributed by atoms with van der Waals surface area (Å²) in [5.74, 6) is 0. The Bertz CT molecular complexity index is 2880. The molecule has 0 saturated heterocycles. The van der Waals surface area contributed by atoms with Crippen LogP contribution in [0.15, 0.2) is 182 Å². The van der Waals surface area contributed by atoms with Crippen molar-refractivity contribution in [2.45, 2.75) is 38.5 Å². The monoisotopic (exact) mass is 750 g/mol. The van der Waals surface area contributed by atoms with E-state index in [1.807, 2.05) is 11.3 Å². The summed E-state index contributed by atoms with van der Waals surface area (Å²) in [7, 11) is 0. The molecule has 0 radical (unpaired) electrons. The summed E-state index contributed by atoms with van der Waals surface area (Å²) in [6.07, 6.45) is 0. The fourth-order valence-corrected chi connectivity index (χ4v) is 10.9. The lowest BCUT2D eigenvalue weighted by atomic mass is 9.82. The maximum absolute atomic E-state index is 2.50. The van der Waals surface area contributed by atoms with Gasteiger partial charge in [-0.15, -0.1) is 11.3 Å². The normalized spacial score (nSPS) is 14.2. The molecular weight excluding hydrogens is 709 g/mol. The zero-order valence-corrected chi connectivity index (χ0v) is 33.4. The highest BCUT2D eigenvalue weighted by Crippen LogP contribution is 2.54. The van der Waals surface area contributed by atoms with Gasteiger partial charge in [-0.05, 0) is 123 Å². The third-order valence-corrected chi connectivity index (χ3v) is 13.8. The summed E-state index contributed by atoms with van der Waals surface area (Å²) in [6, 6.07) is 67.5. The number of thiophene rings is 1. The van der Waals surface area contributed by atoms with Gasteiger partial charge in [0.2, 0.25) is 0 Å². The summed E-state index contributed by atoms with van der Waals surface area (Å²) >= 11 is 1.87. The van der Waals surface area contributed by atoms with Crippen molar-refractivity contribution in [1.29, 1.82) is 0 Å². The minimum Gasteiger partial charge on any atom is -0.310 e. The molecule has 3 heteroatoms. The van der Waals surface area contributed by atoms with Crippen LogP contribution in [0.3, 0.4) is 0 Å². The first kappa shape index (κ1) is 33.9. The van der Waals surface area contributed by atoms with Crippen molar-refractivity contribution in [1.82, 2.24) is 0 Å². The Hall–Kier alpha value is -6.42. The molecule has 0 N–H and O–H groups in total. The summed E-state index contributed by atoms with van der Waals surface area (Å²) in [6.45, 7) is 9.49. The standard InChI is InChI=1S/C54H42N2S/c1-53(2)45-22-13-11-20-40(45)42-29-26-38(33-47(42)53)55(39-27-30-43-41-21-12-14-23-46(41)54(3,4)48(43)34-39)37-28-31-50-44(32-37)52-49(24-15-25-51(52)57-50)56(35-16-7-5-8-17-35)36-18-9-6-10-19-36/h5-34H,1-4H3. The molecule has 2 aliphatic carbocycles. The predicted molar refractivity (Wildman–Crippen MR) is 244 cm³/mol. The van der Waals surface area contributed by atoms with Gasteiger partial charge in [-0.3, -0.25) is 0 Å². The number of nitrogens with zero attached hydrogens (tertiary/aromatic N) is 2. The number of hydrogen-bond donors (Lipinski definition) is 0. The number of benzene rings is 8. The quantitative estimate of drug-likeness (QED) is 0.167. The molecule has 9 aromatic rings. The summed E-state index contributed by atoms with van der Waals surface area (Å²) in [4.78, 5) is 4.90. The van der Waals surface area contributed by atoms with Gasteiger partial charge in [-0.1, -0.05) is 131 Å². The molecule has 0 atom stereocenters. The van der Waals surface area contributed by atoms with Crippen molar-refractivity contribution in [3.05, 3.63) is 204 Å². The lowest BCUT2D eigenvalue weighted by Gasteiger charge is -2.30. The maximum atomic E-state index is 2.50. The van der Waals surface area contributed by atoms with E-state index >= 15 is 0 Å².